The Morgan fingerprint density at radius 3 is 2.52 bits per heavy atom. The minimum Gasteiger partial charge on any atom is -0.394 e. The van der Waals surface area contributed by atoms with E-state index in [1.54, 1.807) is 0 Å². The van der Waals surface area contributed by atoms with Crippen LogP contribution in [0, 0.1) is 5.82 Å². The molecule has 166 valence electrons. The number of hydrogen-bond donors (Lipinski definition) is 3. The number of aliphatic hydroxyl groups is 2. The number of nitrogens with one attached hydrogen (secondary N) is 1. The number of aliphatic hydroxyl groups excluding tert-OH is 2. The largest absolute Gasteiger partial charge is 0.394 e. The van der Waals surface area contributed by atoms with Crippen molar-refractivity contribution < 1.29 is 24.1 Å². The van der Waals surface area contributed by atoms with Crippen LogP contribution in [0.4, 0.5) is 4.39 Å². The van der Waals surface area contributed by atoms with Crippen LogP contribution in [0.1, 0.15) is 10.4 Å². The van der Waals surface area contributed by atoms with Crippen molar-refractivity contribution in [3.8, 4) is 0 Å². The van der Waals surface area contributed by atoms with Crippen molar-refractivity contribution in [3.05, 3.63) is 34.6 Å². The summed E-state index contributed by atoms with van der Waals surface area (Å²) in [5.41, 5.74) is 0.245. The minimum atomic E-state index is -0.833. The molecular weight excluding hydrogens is 448 g/mol. The zero-order chi connectivity index (χ0) is 19.6. The molecule has 0 radical (unpaired) electrons. The summed E-state index contributed by atoms with van der Waals surface area (Å²) in [5.74, 6) is -0.990. The Morgan fingerprint density at radius 1 is 1.28 bits per heavy atom. The molecule has 0 unspecified atom stereocenters. The van der Waals surface area contributed by atoms with Gasteiger partial charge < -0.3 is 25.2 Å². The number of rotatable bonds is 5. The second kappa shape index (κ2) is 11.6. The van der Waals surface area contributed by atoms with Crippen LogP contribution in [-0.2, 0) is 4.74 Å². The van der Waals surface area contributed by atoms with Crippen LogP contribution in [0.3, 0.4) is 0 Å². The Kier molecular flexibility index (Phi) is 10.5. The normalized spacial score (nSPS) is 27.8. The maximum Gasteiger partial charge on any atom is 0.251 e. The molecule has 0 aliphatic carbocycles. The van der Waals surface area contributed by atoms with Crippen molar-refractivity contribution in [2.45, 2.75) is 24.4 Å². The van der Waals surface area contributed by atoms with Gasteiger partial charge in [-0.1, -0.05) is 11.6 Å². The molecule has 0 bridgehead atoms. The molecule has 2 saturated heterocycles. The summed E-state index contributed by atoms with van der Waals surface area (Å²) >= 11 is 5.73. The molecule has 1 aromatic carbocycles. The summed E-state index contributed by atoms with van der Waals surface area (Å²) in [6, 6.07) is 3.45. The third-order valence-electron chi connectivity index (χ3n) is 5.25. The number of hydrogen-bond acceptors (Lipinski definition) is 6. The van der Waals surface area contributed by atoms with Crippen molar-refractivity contribution in [2.24, 2.45) is 0 Å². The molecule has 3 rings (SSSR count). The molecule has 7 nitrogen and oxygen atoms in total. The molecule has 0 spiro atoms. The van der Waals surface area contributed by atoms with Crippen LogP contribution in [0.25, 0.3) is 0 Å². The molecular formula is C18H27Cl3FN3O4. The first-order valence-electron chi connectivity index (χ1n) is 9.01. The van der Waals surface area contributed by atoms with Crippen LogP contribution >= 0.6 is 36.4 Å². The van der Waals surface area contributed by atoms with E-state index in [2.05, 4.69) is 15.1 Å². The van der Waals surface area contributed by atoms with Crippen LogP contribution in [0.15, 0.2) is 18.2 Å². The molecule has 29 heavy (non-hydrogen) atoms. The number of carbonyl (C=O) groups excluding carboxylic acids is 1. The van der Waals surface area contributed by atoms with Crippen LogP contribution in [0.5, 0.6) is 0 Å². The minimum absolute atomic E-state index is 0. The molecule has 3 N–H and O–H groups in total. The first kappa shape index (κ1) is 26.3. The van der Waals surface area contributed by atoms with Gasteiger partial charge in [0.15, 0.2) is 0 Å². The summed E-state index contributed by atoms with van der Waals surface area (Å²) in [6.07, 6.45) is -1.97. The lowest BCUT2D eigenvalue weighted by molar-refractivity contribution is -0.0209. The van der Waals surface area contributed by atoms with Crippen molar-refractivity contribution in [1.82, 2.24) is 15.1 Å². The highest BCUT2D eigenvalue weighted by atomic mass is 35.5. The highest BCUT2D eigenvalue weighted by Gasteiger charge is 2.46. The fourth-order valence-corrected chi connectivity index (χ4v) is 3.83. The topological polar surface area (TPSA) is 85.3 Å². The number of benzene rings is 1. The van der Waals surface area contributed by atoms with Crippen molar-refractivity contribution in [1.29, 1.82) is 0 Å². The maximum atomic E-state index is 13.3. The molecule has 2 heterocycles. The maximum absolute atomic E-state index is 13.3. The van der Waals surface area contributed by atoms with E-state index in [4.69, 9.17) is 16.3 Å². The summed E-state index contributed by atoms with van der Waals surface area (Å²) in [7, 11) is 2.04. The Labute approximate surface area is 187 Å². The highest BCUT2D eigenvalue weighted by molar-refractivity contribution is 6.31. The van der Waals surface area contributed by atoms with E-state index in [0.717, 1.165) is 32.2 Å². The first-order chi connectivity index (χ1) is 12.9. The summed E-state index contributed by atoms with van der Waals surface area (Å²) < 4.78 is 19.0. The van der Waals surface area contributed by atoms with Crippen molar-refractivity contribution in [2.75, 3.05) is 46.4 Å². The predicted molar refractivity (Wildman–Crippen MR) is 113 cm³/mol. The number of amides is 1. The molecule has 0 aromatic heterocycles. The highest BCUT2D eigenvalue weighted by Crippen LogP contribution is 2.26. The standard InChI is InChI=1S/C18H25ClFN3O4.2ClH/c1-22-4-6-23(7-5-22)16-14(27-15(10-24)17(16)25)9-21-18(26)11-2-3-13(20)12(19)8-11;;/h2-3,8,14-17,24-25H,4-7,9-10H2,1H3,(H,21,26);2*1H/t14-,15+,16+,17-;;/m1../s1. The molecule has 0 saturated carbocycles. The molecule has 2 fully saturated rings. The second-order valence-electron chi connectivity index (χ2n) is 7.05. The lowest BCUT2D eigenvalue weighted by atomic mass is 10.0. The SMILES string of the molecule is CN1CCN([C@@H]2[C@H](O)[C@H](CO)O[C@@H]2CNC(=O)c2ccc(F)c(Cl)c2)CC1.Cl.Cl. The average molecular weight is 475 g/mol. The molecule has 2 aliphatic rings. The number of nitrogens with zero attached hydrogens (tertiary/aromatic N) is 2. The molecule has 11 heteroatoms. The van der Waals surface area contributed by atoms with E-state index >= 15 is 0 Å². The van der Waals surface area contributed by atoms with E-state index in [0.29, 0.717) is 0 Å². The lowest BCUT2D eigenvalue weighted by Crippen LogP contribution is -2.56. The van der Waals surface area contributed by atoms with E-state index in [9.17, 15) is 19.4 Å². The average Bonchev–Trinajstić information content (AvgIpc) is 2.98. The Hall–Kier alpha value is -0.710. The quantitative estimate of drug-likeness (QED) is 0.585. The van der Waals surface area contributed by atoms with Gasteiger partial charge in [0.05, 0.1) is 23.8 Å². The van der Waals surface area contributed by atoms with Gasteiger partial charge in [-0.15, -0.1) is 24.8 Å². The molecule has 1 amide bonds. The third kappa shape index (κ3) is 6.15. The predicted octanol–water partition coefficient (Wildman–Crippen LogP) is 0.789. The Balaban J connectivity index is 0.00000210. The zero-order valence-corrected chi connectivity index (χ0v) is 18.4. The summed E-state index contributed by atoms with van der Waals surface area (Å²) in [5, 5.41) is 22.7. The van der Waals surface area contributed by atoms with Crippen LogP contribution in [0.2, 0.25) is 5.02 Å². The summed E-state index contributed by atoms with van der Waals surface area (Å²) in [6.45, 7) is 3.18. The number of carbonyl (C=O) groups is 1. The van der Waals surface area contributed by atoms with Gasteiger partial charge in [-0.25, -0.2) is 4.39 Å². The number of ether oxygens (including phenoxy) is 1. The fourth-order valence-electron chi connectivity index (χ4n) is 3.65. The fraction of sp³-hybridized carbons (Fsp3) is 0.611. The van der Waals surface area contributed by atoms with Gasteiger partial charge in [0, 0.05) is 38.3 Å². The van der Waals surface area contributed by atoms with E-state index in [-0.39, 0.29) is 54.6 Å². The number of likely N-dealkylation sites (N-methyl/N-ethyl adjacent to an activating group) is 1. The smallest absolute Gasteiger partial charge is 0.251 e. The van der Waals surface area contributed by atoms with Gasteiger partial charge in [0.2, 0.25) is 0 Å². The van der Waals surface area contributed by atoms with Crippen molar-refractivity contribution in [3.63, 3.8) is 0 Å². The third-order valence-corrected chi connectivity index (χ3v) is 5.54. The van der Waals surface area contributed by atoms with Gasteiger partial charge in [0.1, 0.15) is 18.0 Å². The molecule has 2 aliphatic heterocycles. The first-order valence-corrected chi connectivity index (χ1v) is 9.38. The number of piperazine rings is 1. The molecule has 1 aromatic rings. The zero-order valence-electron chi connectivity index (χ0n) is 16.0. The van der Waals surface area contributed by atoms with Crippen molar-refractivity contribution >= 4 is 42.3 Å². The Morgan fingerprint density at radius 2 is 1.93 bits per heavy atom. The molecule has 4 atom stereocenters. The Bertz CT molecular complexity index is 680. The van der Waals surface area contributed by atoms with E-state index < -0.39 is 30.0 Å². The van der Waals surface area contributed by atoms with Crippen LogP contribution in [-0.4, -0.2) is 96.7 Å². The van der Waals surface area contributed by atoms with Gasteiger partial charge in [-0.05, 0) is 25.2 Å². The summed E-state index contributed by atoms with van der Waals surface area (Å²) in [4.78, 5) is 16.7. The van der Waals surface area contributed by atoms with Gasteiger partial charge in [-0.3, -0.25) is 9.69 Å². The van der Waals surface area contributed by atoms with E-state index in [1.807, 2.05) is 7.05 Å². The second-order valence-corrected chi connectivity index (χ2v) is 7.46. The van der Waals surface area contributed by atoms with E-state index in [1.165, 1.54) is 12.1 Å². The van der Waals surface area contributed by atoms with Gasteiger partial charge in [-0.2, -0.15) is 0 Å². The van der Waals surface area contributed by atoms with Gasteiger partial charge >= 0.3 is 0 Å². The lowest BCUT2D eigenvalue weighted by Gasteiger charge is -2.39. The monoisotopic (exact) mass is 473 g/mol. The number of halogens is 4. The van der Waals surface area contributed by atoms with Gasteiger partial charge in [0.25, 0.3) is 5.91 Å². The van der Waals surface area contributed by atoms with Crippen LogP contribution < -0.4 is 5.32 Å².